The van der Waals surface area contributed by atoms with Crippen molar-refractivity contribution >= 4 is 29.1 Å². The summed E-state index contributed by atoms with van der Waals surface area (Å²) < 4.78 is 0. The van der Waals surface area contributed by atoms with E-state index in [2.05, 4.69) is 11.2 Å². The number of terminal acetylenes is 1. The third-order valence-corrected chi connectivity index (χ3v) is 3.59. The molecule has 2 amide bonds. The summed E-state index contributed by atoms with van der Waals surface area (Å²) in [5.41, 5.74) is 0. The van der Waals surface area contributed by atoms with Gasteiger partial charge in [0.25, 0.3) is 0 Å². The van der Waals surface area contributed by atoms with Gasteiger partial charge in [-0.25, -0.2) is 0 Å². The summed E-state index contributed by atoms with van der Waals surface area (Å²) >= 11 is 1.41. The molecule has 0 bridgehead atoms. The maximum Gasteiger partial charge on any atom is 0.323 e. The van der Waals surface area contributed by atoms with E-state index in [1.807, 2.05) is 11.4 Å². The van der Waals surface area contributed by atoms with Crippen LogP contribution in [0.3, 0.4) is 0 Å². The van der Waals surface area contributed by atoms with Gasteiger partial charge < -0.3 is 15.3 Å². The third kappa shape index (κ3) is 5.67. The van der Waals surface area contributed by atoms with Crippen molar-refractivity contribution < 1.29 is 19.5 Å². The van der Waals surface area contributed by atoms with Crippen molar-refractivity contribution in [3.05, 3.63) is 22.4 Å². The zero-order valence-corrected chi connectivity index (χ0v) is 12.4. The third-order valence-electron chi connectivity index (χ3n) is 2.60. The molecule has 6 nitrogen and oxygen atoms in total. The number of carboxylic acids is 1. The molecule has 0 fully saturated rings. The second kappa shape index (κ2) is 8.07. The molecular formula is C14H16N2O4S. The summed E-state index contributed by atoms with van der Waals surface area (Å²) in [7, 11) is 0. The second-order valence-electron chi connectivity index (χ2n) is 4.32. The van der Waals surface area contributed by atoms with Crippen LogP contribution in [0.4, 0.5) is 0 Å². The van der Waals surface area contributed by atoms with E-state index in [0.717, 1.165) is 9.78 Å². The van der Waals surface area contributed by atoms with Gasteiger partial charge in [-0.3, -0.25) is 14.4 Å². The Morgan fingerprint density at radius 1 is 1.52 bits per heavy atom. The summed E-state index contributed by atoms with van der Waals surface area (Å²) in [5.74, 6) is 0.451. The number of carbonyl (C=O) groups excluding carboxylic acids is 2. The molecule has 1 aromatic heterocycles. The number of nitrogens with zero attached hydrogens (tertiary/aromatic N) is 1. The number of hydrogen-bond donors (Lipinski definition) is 2. The highest BCUT2D eigenvalue weighted by Crippen LogP contribution is 2.22. The van der Waals surface area contributed by atoms with E-state index in [4.69, 9.17) is 11.5 Å². The Morgan fingerprint density at radius 3 is 2.71 bits per heavy atom. The standard InChI is InChI=1S/C14H16N2O4S/c1-3-6-16(9-14(19)20)13(18)8-11(15-10(2)17)12-5-4-7-21-12/h1,4-5,7,11H,6,8-9H2,2H3,(H,15,17)(H,19,20). The molecule has 0 radical (unpaired) electrons. The first-order valence-corrected chi connectivity index (χ1v) is 7.05. The van der Waals surface area contributed by atoms with Gasteiger partial charge in [0.1, 0.15) is 6.54 Å². The molecule has 0 saturated carbocycles. The maximum atomic E-state index is 12.2. The first kappa shape index (κ1) is 16.7. The first-order chi connectivity index (χ1) is 9.93. The second-order valence-corrected chi connectivity index (χ2v) is 5.30. The smallest absolute Gasteiger partial charge is 0.323 e. The number of thiophene rings is 1. The number of carboxylic acid groups (broad SMARTS) is 1. The van der Waals surface area contributed by atoms with Crippen LogP contribution in [0.5, 0.6) is 0 Å². The molecule has 21 heavy (non-hydrogen) atoms. The van der Waals surface area contributed by atoms with Crippen molar-refractivity contribution in [2.24, 2.45) is 0 Å². The van der Waals surface area contributed by atoms with Gasteiger partial charge in [0.2, 0.25) is 11.8 Å². The lowest BCUT2D eigenvalue weighted by molar-refractivity contribution is -0.144. The highest BCUT2D eigenvalue weighted by atomic mass is 32.1. The van der Waals surface area contributed by atoms with Crippen molar-refractivity contribution in [1.82, 2.24) is 10.2 Å². The van der Waals surface area contributed by atoms with E-state index in [0.29, 0.717) is 0 Å². The van der Waals surface area contributed by atoms with Crippen LogP contribution in [-0.4, -0.2) is 40.9 Å². The minimum absolute atomic E-state index is 0.0327. The number of hydrogen-bond acceptors (Lipinski definition) is 4. The van der Waals surface area contributed by atoms with Gasteiger partial charge in [0.15, 0.2) is 0 Å². The van der Waals surface area contributed by atoms with Gasteiger partial charge in [-0.15, -0.1) is 17.8 Å². The van der Waals surface area contributed by atoms with Crippen molar-refractivity contribution in [2.45, 2.75) is 19.4 Å². The normalized spacial score (nSPS) is 11.2. The van der Waals surface area contributed by atoms with Crippen molar-refractivity contribution in [1.29, 1.82) is 0 Å². The molecular weight excluding hydrogens is 292 g/mol. The van der Waals surface area contributed by atoms with E-state index >= 15 is 0 Å². The Morgan fingerprint density at radius 2 is 2.24 bits per heavy atom. The summed E-state index contributed by atoms with van der Waals surface area (Å²) in [5, 5.41) is 13.3. The fourth-order valence-corrected chi connectivity index (χ4v) is 2.55. The van der Waals surface area contributed by atoms with E-state index in [-0.39, 0.29) is 18.9 Å². The quantitative estimate of drug-likeness (QED) is 0.732. The van der Waals surface area contributed by atoms with Crippen molar-refractivity contribution in [3.8, 4) is 12.3 Å². The van der Waals surface area contributed by atoms with Crippen LogP contribution in [0, 0.1) is 12.3 Å². The molecule has 0 aromatic carbocycles. The molecule has 7 heteroatoms. The van der Waals surface area contributed by atoms with Crippen LogP contribution in [0.2, 0.25) is 0 Å². The molecule has 1 rings (SSSR count). The maximum absolute atomic E-state index is 12.2. The van der Waals surface area contributed by atoms with E-state index in [1.165, 1.54) is 18.3 Å². The van der Waals surface area contributed by atoms with Gasteiger partial charge in [-0.05, 0) is 11.4 Å². The topological polar surface area (TPSA) is 86.7 Å². The van der Waals surface area contributed by atoms with Crippen LogP contribution in [0.25, 0.3) is 0 Å². The minimum atomic E-state index is -1.13. The SMILES string of the molecule is C#CCN(CC(=O)O)C(=O)CC(NC(C)=O)c1cccs1. The Kier molecular flexibility index (Phi) is 6.43. The molecule has 0 spiro atoms. The van der Waals surface area contributed by atoms with Gasteiger partial charge in [-0.1, -0.05) is 12.0 Å². The van der Waals surface area contributed by atoms with Crippen LogP contribution >= 0.6 is 11.3 Å². The van der Waals surface area contributed by atoms with Gasteiger partial charge in [0.05, 0.1) is 19.0 Å². The highest BCUT2D eigenvalue weighted by Gasteiger charge is 2.22. The molecule has 1 aromatic rings. The molecule has 1 unspecified atom stereocenters. The largest absolute Gasteiger partial charge is 0.480 e. The van der Waals surface area contributed by atoms with Crippen LogP contribution in [0.1, 0.15) is 24.3 Å². The predicted octanol–water partition coefficient (Wildman–Crippen LogP) is 0.862. The first-order valence-electron chi connectivity index (χ1n) is 6.17. The molecule has 1 atom stereocenters. The zero-order chi connectivity index (χ0) is 15.8. The molecule has 0 aliphatic heterocycles. The lowest BCUT2D eigenvalue weighted by Crippen LogP contribution is -2.38. The average molecular weight is 308 g/mol. The fraction of sp³-hybridized carbons (Fsp3) is 0.357. The number of rotatable bonds is 7. The number of nitrogens with one attached hydrogen (secondary N) is 1. The summed E-state index contributed by atoms with van der Waals surface area (Å²) in [6.45, 7) is 0.824. The minimum Gasteiger partial charge on any atom is -0.480 e. The van der Waals surface area contributed by atoms with Gasteiger partial charge >= 0.3 is 5.97 Å². The molecule has 0 aliphatic carbocycles. The van der Waals surface area contributed by atoms with Crippen LogP contribution in [0.15, 0.2) is 17.5 Å². The van der Waals surface area contributed by atoms with Crippen molar-refractivity contribution in [3.63, 3.8) is 0 Å². The lowest BCUT2D eigenvalue weighted by Gasteiger charge is -2.22. The fourth-order valence-electron chi connectivity index (χ4n) is 1.77. The average Bonchev–Trinajstić information content (AvgIpc) is 2.90. The number of amides is 2. The summed E-state index contributed by atoms with van der Waals surface area (Å²) in [6.07, 6.45) is 5.11. The van der Waals surface area contributed by atoms with Gasteiger partial charge in [0, 0.05) is 11.8 Å². The van der Waals surface area contributed by atoms with E-state index in [9.17, 15) is 14.4 Å². The Labute approximate surface area is 126 Å². The Bertz CT molecular complexity index is 548. The molecule has 112 valence electrons. The molecule has 2 N–H and O–H groups in total. The summed E-state index contributed by atoms with van der Waals surface area (Å²) in [4.78, 5) is 36.1. The lowest BCUT2D eigenvalue weighted by atomic mass is 10.1. The molecule has 0 aliphatic rings. The van der Waals surface area contributed by atoms with E-state index < -0.39 is 24.5 Å². The van der Waals surface area contributed by atoms with E-state index in [1.54, 1.807) is 6.07 Å². The number of aliphatic carboxylic acids is 1. The summed E-state index contributed by atoms with van der Waals surface area (Å²) in [6, 6.07) is 3.14. The van der Waals surface area contributed by atoms with Crippen LogP contribution in [-0.2, 0) is 14.4 Å². The van der Waals surface area contributed by atoms with Gasteiger partial charge in [-0.2, -0.15) is 0 Å². The molecule has 1 heterocycles. The molecule has 0 saturated heterocycles. The van der Waals surface area contributed by atoms with Crippen LogP contribution < -0.4 is 5.32 Å². The number of carbonyl (C=O) groups is 3. The highest BCUT2D eigenvalue weighted by molar-refractivity contribution is 7.10. The zero-order valence-electron chi connectivity index (χ0n) is 11.5. The van der Waals surface area contributed by atoms with Crippen molar-refractivity contribution in [2.75, 3.05) is 13.1 Å². The monoisotopic (exact) mass is 308 g/mol. The predicted molar refractivity (Wildman–Crippen MR) is 78.5 cm³/mol. The Balaban J connectivity index is 2.81. The Hall–Kier alpha value is -2.33.